The van der Waals surface area contributed by atoms with Gasteiger partial charge >= 0.3 is 5.97 Å². The Bertz CT molecular complexity index is 1430. The zero-order valence-electron chi connectivity index (χ0n) is 18.3. The number of hydrogen-bond donors (Lipinski definition) is 1. The zero-order chi connectivity index (χ0) is 23.8. The SMILES string of the molecule is CN1CC(=Cc2ccc(Oc3cc(F)cc(F)c3)cc2)c2nc3ccccc3c(C(=O)O)c2C1. The van der Waals surface area contributed by atoms with Crippen LogP contribution in [-0.4, -0.2) is 34.6 Å². The number of para-hydroxylation sites is 1. The lowest BCUT2D eigenvalue weighted by molar-refractivity contribution is 0.0696. The van der Waals surface area contributed by atoms with Crippen LogP contribution >= 0.6 is 0 Å². The van der Waals surface area contributed by atoms with Gasteiger partial charge in [0, 0.05) is 42.2 Å². The summed E-state index contributed by atoms with van der Waals surface area (Å²) in [4.78, 5) is 19.0. The van der Waals surface area contributed by atoms with Gasteiger partial charge in [0.1, 0.15) is 23.1 Å². The van der Waals surface area contributed by atoms with E-state index in [1.807, 2.05) is 48.4 Å². The number of hydrogen-bond acceptors (Lipinski definition) is 4. The van der Waals surface area contributed by atoms with E-state index in [1.54, 1.807) is 18.2 Å². The second kappa shape index (κ2) is 8.68. The van der Waals surface area contributed by atoms with Crippen LogP contribution in [0.1, 0.15) is 27.2 Å². The van der Waals surface area contributed by atoms with Crippen LogP contribution in [0.2, 0.25) is 0 Å². The summed E-state index contributed by atoms with van der Waals surface area (Å²) in [6.45, 7) is 1.10. The fourth-order valence-electron chi connectivity index (χ4n) is 4.28. The van der Waals surface area contributed by atoms with Crippen LogP contribution < -0.4 is 4.74 Å². The molecule has 0 fully saturated rings. The predicted molar refractivity (Wildman–Crippen MR) is 126 cm³/mol. The Balaban J connectivity index is 1.52. The normalized spacial score (nSPS) is 14.9. The summed E-state index contributed by atoms with van der Waals surface area (Å²) in [5.41, 5.74) is 4.06. The molecule has 0 amide bonds. The standard InChI is InChI=1S/C27H20F2N2O3/c1-31-14-17(26-23(15-31)25(27(32)33)22-4-2-3-5-24(22)30-26)10-16-6-8-20(9-7-16)34-21-12-18(28)11-19(29)13-21/h2-13H,14-15H2,1H3,(H,32,33). The van der Waals surface area contributed by atoms with Crippen LogP contribution in [0, 0.1) is 11.6 Å². The predicted octanol–water partition coefficient (Wildman–Crippen LogP) is 5.99. The Morgan fingerprint density at radius 2 is 1.71 bits per heavy atom. The maximum absolute atomic E-state index is 13.4. The van der Waals surface area contributed by atoms with Crippen LogP contribution in [0.4, 0.5) is 8.78 Å². The number of aromatic carboxylic acids is 1. The minimum absolute atomic E-state index is 0.0729. The topological polar surface area (TPSA) is 62.7 Å². The van der Waals surface area contributed by atoms with Crippen molar-refractivity contribution in [3.8, 4) is 11.5 Å². The number of aromatic nitrogens is 1. The third-order valence-electron chi connectivity index (χ3n) is 5.67. The van der Waals surface area contributed by atoms with Gasteiger partial charge < -0.3 is 9.84 Å². The first-order valence-corrected chi connectivity index (χ1v) is 10.7. The molecule has 7 heteroatoms. The number of carboxylic acids is 1. The van der Waals surface area contributed by atoms with Gasteiger partial charge in [0.2, 0.25) is 0 Å². The van der Waals surface area contributed by atoms with Crippen LogP contribution in [0.3, 0.4) is 0 Å². The van der Waals surface area contributed by atoms with Gasteiger partial charge in [-0.15, -0.1) is 0 Å². The average molecular weight is 458 g/mol. The molecule has 0 radical (unpaired) electrons. The van der Waals surface area contributed by atoms with Gasteiger partial charge in [0.15, 0.2) is 0 Å². The summed E-state index contributed by atoms with van der Waals surface area (Å²) in [7, 11) is 1.94. The highest BCUT2D eigenvalue weighted by Crippen LogP contribution is 2.34. The number of halogens is 2. The van der Waals surface area contributed by atoms with E-state index in [0.29, 0.717) is 41.0 Å². The Morgan fingerprint density at radius 3 is 2.41 bits per heavy atom. The Labute approximate surface area is 194 Å². The maximum atomic E-state index is 13.4. The molecule has 0 atom stereocenters. The number of ether oxygens (including phenoxy) is 1. The first kappa shape index (κ1) is 21.7. The lowest BCUT2D eigenvalue weighted by atomic mass is 9.92. The number of likely N-dealkylation sites (N-methyl/N-ethyl adjacent to an activating group) is 1. The van der Waals surface area contributed by atoms with Crippen molar-refractivity contribution >= 4 is 28.5 Å². The molecule has 3 aromatic carbocycles. The molecule has 4 aromatic rings. The van der Waals surface area contributed by atoms with Crippen molar-refractivity contribution in [3.63, 3.8) is 0 Å². The molecule has 5 nitrogen and oxygen atoms in total. The van der Waals surface area contributed by atoms with Gasteiger partial charge in [-0.1, -0.05) is 30.3 Å². The molecule has 0 saturated heterocycles. The number of carbonyl (C=O) groups is 1. The van der Waals surface area contributed by atoms with Gasteiger partial charge in [-0.3, -0.25) is 4.90 Å². The zero-order valence-corrected chi connectivity index (χ0v) is 18.3. The molecule has 170 valence electrons. The molecule has 0 saturated carbocycles. The highest BCUT2D eigenvalue weighted by Gasteiger charge is 2.27. The van der Waals surface area contributed by atoms with E-state index in [4.69, 9.17) is 9.72 Å². The van der Waals surface area contributed by atoms with Crippen molar-refractivity contribution in [3.05, 3.63) is 101 Å². The Hall–Kier alpha value is -4.10. The number of nitrogens with zero attached hydrogens (tertiary/aromatic N) is 2. The van der Waals surface area contributed by atoms with E-state index in [0.717, 1.165) is 29.3 Å². The largest absolute Gasteiger partial charge is 0.478 e. The second-order valence-electron chi connectivity index (χ2n) is 8.25. The molecule has 0 spiro atoms. The highest BCUT2D eigenvalue weighted by atomic mass is 19.1. The Kier molecular flexibility index (Phi) is 5.55. The third kappa shape index (κ3) is 4.25. The van der Waals surface area contributed by atoms with Crippen molar-refractivity contribution < 1.29 is 23.4 Å². The maximum Gasteiger partial charge on any atom is 0.336 e. The van der Waals surface area contributed by atoms with Crippen molar-refractivity contribution in [2.45, 2.75) is 6.54 Å². The number of benzene rings is 3. The number of pyridine rings is 1. The van der Waals surface area contributed by atoms with E-state index >= 15 is 0 Å². The molecule has 1 aliphatic heterocycles. The fourth-order valence-corrected chi connectivity index (χ4v) is 4.28. The molecular weight excluding hydrogens is 438 g/mol. The van der Waals surface area contributed by atoms with Crippen molar-refractivity contribution in [2.75, 3.05) is 13.6 Å². The van der Waals surface area contributed by atoms with Crippen LogP contribution in [0.5, 0.6) is 11.5 Å². The van der Waals surface area contributed by atoms with Gasteiger partial charge in [0.05, 0.1) is 16.8 Å². The first-order chi connectivity index (χ1) is 16.4. The molecule has 1 aliphatic rings. The van der Waals surface area contributed by atoms with Gasteiger partial charge in [-0.25, -0.2) is 18.6 Å². The van der Waals surface area contributed by atoms with E-state index < -0.39 is 17.6 Å². The number of fused-ring (bicyclic) bond motifs is 2. The summed E-state index contributed by atoms with van der Waals surface area (Å²) < 4.78 is 32.4. The highest BCUT2D eigenvalue weighted by molar-refractivity contribution is 6.06. The third-order valence-corrected chi connectivity index (χ3v) is 5.67. The van der Waals surface area contributed by atoms with Gasteiger partial charge in [0.25, 0.3) is 0 Å². The first-order valence-electron chi connectivity index (χ1n) is 10.7. The molecular formula is C27H20F2N2O3. The molecule has 0 unspecified atom stereocenters. The summed E-state index contributed by atoms with van der Waals surface area (Å²) in [6, 6.07) is 17.3. The smallest absolute Gasteiger partial charge is 0.336 e. The quantitative estimate of drug-likeness (QED) is 0.407. The second-order valence-corrected chi connectivity index (χ2v) is 8.25. The molecule has 5 rings (SSSR count). The molecule has 2 heterocycles. The van der Waals surface area contributed by atoms with Gasteiger partial charge in [-0.05, 0) is 42.5 Å². The van der Waals surface area contributed by atoms with Crippen LogP contribution in [0.25, 0.3) is 22.6 Å². The monoisotopic (exact) mass is 458 g/mol. The molecule has 0 bridgehead atoms. The molecule has 34 heavy (non-hydrogen) atoms. The summed E-state index contributed by atoms with van der Waals surface area (Å²) in [6.07, 6.45) is 1.97. The lowest BCUT2D eigenvalue weighted by Crippen LogP contribution is -2.28. The van der Waals surface area contributed by atoms with Crippen molar-refractivity contribution in [2.24, 2.45) is 0 Å². The van der Waals surface area contributed by atoms with E-state index in [1.165, 1.54) is 0 Å². The summed E-state index contributed by atoms with van der Waals surface area (Å²) in [5.74, 6) is -1.89. The minimum Gasteiger partial charge on any atom is -0.478 e. The number of carboxylic acid groups (broad SMARTS) is 1. The number of rotatable bonds is 4. The van der Waals surface area contributed by atoms with E-state index in [-0.39, 0.29) is 11.3 Å². The Morgan fingerprint density at radius 1 is 1.00 bits per heavy atom. The van der Waals surface area contributed by atoms with Crippen molar-refractivity contribution in [1.82, 2.24) is 9.88 Å². The lowest BCUT2D eigenvalue weighted by Gasteiger charge is -2.28. The average Bonchev–Trinajstić information content (AvgIpc) is 2.78. The molecule has 0 aliphatic carbocycles. The van der Waals surface area contributed by atoms with Crippen molar-refractivity contribution in [1.29, 1.82) is 0 Å². The van der Waals surface area contributed by atoms with Crippen LogP contribution in [0.15, 0.2) is 66.7 Å². The van der Waals surface area contributed by atoms with E-state index in [2.05, 4.69) is 0 Å². The van der Waals surface area contributed by atoms with Gasteiger partial charge in [-0.2, -0.15) is 0 Å². The molecule has 1 aromatic heterocycles. The molecule has 1 N–H and O–H groups in total. The summed E-state index contributed by atoms with van der Waals surface area (Å²) >= 11 is 0. The summed E-state index contributed by atoms with van der Waals surface area (Å²) in [5, 5.41) is 10.6. The minimum atomic E-state index is -0.972. The van der Waals surface area contributed by atoms with Crippen LogP contribution in [-0.2, 0) is 6.54 Å². The van der Waals surface area contributed by atoms with E-state index in [9.17, 15) is 18.7 Å². The fraction of sp³-hybridized carbons (Fsp3) is 0.111.